The van der Waals surface area contributed by atoms with Crippen LogP contribution in [0.1, 0.15) is 63.5 Å². The van der Waals surface area contributed by atoms with Gasteiger partial charge in [0.25, 0.3) is 0 Å². The SMILES string of the molecule is CC(C)NS(=O)(=O)Cc1ccc(CNC(=O)CNC(=O)CC2CCCCC2)cc1. The minimum absolute atomic E-state index is 0.0250. The Hall–Kier alpha value is -1.93. The molecule has 3 N–H and O–H groups in total. The molecule has 2 amide bonds. The lowest BCUT2D eigenvalue weighted by molar-refractivity contribution is -0.126. The molecule has 0 aromatic heterocycles. The van der Waals surface area contributed by atoms with Gasteiger partial charge in [-0.2, -0.15) is 0 Å². The molecule has 162 valence electrons. The van der Waals surface area contributed by atoms with Crippen LogP contribution in [0.25, 0.3) is 0 Å². The van der Waals surface area contributed by atoms with E-state index in [0.717, 1.165) is 18.4 Å². The second-order valence-electron chi connectivity index (χ2n) is 8.11. The van der Waals surface area contributed by atoms with E-state index >= 15 is 0 Å². The summed E-state index contributed by atoms with van der Waals surface area (Å²) in [4.78, 5) is 23.9. The van der Waals surface area contributed by atoms with Gasteiger partial charge in [0.2, 0.25) is 21.8 Å². The van der Waals surface area contributed by atoms with Crippen LogP contribution < -0.4 is 15.4 Å². The van der Waals surface area contributed by atoms with E-state index in [2.05, 4.69) is 15.4 Å². The van der Waals surface area contributed by atoms with Crippen molar-refractivity contribution in [2.24, 2.45) is 5.92 Å². The first-order valence-electron chi connectivity index (χ1n) is 10.3. The quantitative estimate of drug-likeness (QED) is 0.537. The molecule has 29 heavy (non-hydrogen) atoms. The molecule has 1 aromatic rings. The number of nitrogens with one attached hydrogen (secondary N) is 3. The molecule has 1 aliphatic carbocycles. The fourth-order valence-electron chi connectivity index (χ4n) is 3.54. The highest BCUT2D eigenvalue weighted by molar-refractivity contribution is 7.88. The number of rotatable bonds is 10. The topological polar surface area (TPSA) is 104 Å². The van der Waals surface area contributed by atoms with Gasteiger partial charge in [0.05, 0.1) is 12.3 Å². The van der Waals surface area contributed by atoms with E-state index in [0.29, 0.717) is 24.4 Å². The molecule has 1 fully saturated rings. The smallest absolute Gasteiger partial charge is 0.239 e. The largest absolute Gasteiger partial charge is 0.350 e. The first kappa shape index (κ1) is 23.3. The van der Waals surface area contributed by atoms with Crippen LogP contribution in [0.2, 0.25) is 0 Å². The Labute approximate surface area is 174 Å². The highest BCUT2D eigenvalue weighted by Gasteiger charge is 2.17. The Morgan fingerprint density at radius 2 is 1.59 bits per heavy atom. The van der Waals surface area contributed by atoms with Crippen molar-refractivity contribution in [1.82, 2.24) is 15.4 Å². The Balaban J connectivity index is 1.69. The molecule has 0 aliphatic heterocycles. The van der Waals surface area contributed by atoms with Gasteiger partial charge in [0.1, 0.15) is 0 Å². The summed E-state index contributed by atoms with van der Waals surface area (Å²) >= 11 is 0. The van der Waals surface area contributed by atoms with Crippen LogP contribution in [0.4, 0.5) is 0 Å². The third-order valence-electron chi connectivity index (χ3n) is 4.93. The van der Waals surface area contributed by atoms with Crippen molar-refractivity contribution in [2.45, 2.75) is 70.7 Å². The van der Waals surface area contributed by atoms with E-state index in [1.165, 1.54) is 19.3 Å². The molecule has 1 saturated carbocycles. The van der Waals surface area contributed by atoms with Gasteiger partial charge in [0.15, 0.2) is 0 Å². The van der Waals surface area contributed by atoms with Gasteiger partial charge in [-0.05, 0) is 43.7 Å². The highest BCUT2D eigenvalue weighted by atomic mass is 32.2. The molecular formula is C21H33N3O4S. The number of benzene rings is 1. The monoisotopic (exact) mass is 423 g/mol. The van der Waals surface area contributed by atoms with Gasteiger partial charge >= 0.3 is 0 Å². The average Bonchev–Trinajstić information content (AvgIpc) is 2.65. The fourth-order valence-corrected chi connectivity index (χ4v) is 4.97. The van der Waals surface area contributed by atoms with Gasteiger partial charge in [-0.15, -0.1) is 0 Å². The fraction of sp³-hybridized carbons (Fsp3) is 0.619. The van der Waals surface area contributed by atoms with Crippen molar-refractivity contribution >= 4 is 21.8 Å². The summed E-state index contributed by atoms with van der Waals surface area (Å²) < 4.78 is 26.5. The zero-order valence-electron chi connectivity index (χ0n) is 17.4. The number of sulfonamides is 1. The lowest BCUT2D eigenvalue weighted by atomic mass is 9.87. The molecule has 1 aliphatic rings. The maximum Gasteiger partial charge on any atom is 0.239 e. The van der Waals surface area contributed by atoms with Crippen LogP contribution in [-0.2, 0) is 31.9 Å². The highest BCUT2D eigenvalue weighted by Crippen LogP contribution is 2.25. The minimum Gasteiger partial charge on any atom is -0.350 e. The zero-order chi connectivity index (χ0) is 21.3. The van der Waals surface area contributed by atoms with Crippen LogP contribution >= 0.6 is 0 Å². The second-order valence-corrected chi connectivity index (χ2v) is 9.86. The van der Waals surface area contributed by atoms with Crippen molar-refractivity contribution < 1.29 is 18.0 Å². The molecule has 0 bridgehead atoms. The third kappa shape index (κ3) is 9.41. The maximum absolute atomic E-state index is 12.0. The Bertz CT molecular complexity index is 770. The summed E-state index contributed by atoms with van der Waals surface area (Å²) in [6, 6.07) is 6.93. The lowest BCUT2D eigenvalue weighted by Gasteiger charge is -2.20. The summed E-state index contributed by atoms with van der Waals surface area (Å²) in [7, 11) is -3.36. The first-order chi connectivity index (χ1) is 13.7. The Kier molecular flexibility index (Phi) is 9.10. The van der Waals surface area contributed by atoms with Crippen molar-refractivity contribution in [3.8, 4) is 0 Å². The van der Waals surface area contributed by atoms with E-state index in [-0.39, 0.29) is 30.2 Å². The summed E-state index contributed by atoms with van der Waals surface area (Å²) in [6.07, 6.45) is 6.35. The van der Waals surface area contributed by atoms with E-state index in [9.17, 15) is 18.0 Å². The van der Waals surface area contributed by atoms with Gasteiger partial charge in [0, 0.05) is 19.0 Å². The van der Waals surface area contributed by atoms with Gasteiger partial charge in [-0.3, -0.25) is 9.59 Å². The van der Waals surface area contributed by atoms with E-state index in [1.54, 1.807) is 38.1 Å². The van der Waals surface area contributed by atoms with Crippen LogP contribution in [0.3, 0.4) is 0 Å². The molecule has 0 unspecified atom stereocenters. The zero-order valence-corrected chi connectivity index (χ0v) is 18.2. The molecule has 1 aromatic carbocycles. The number of carbonyl (C=O) groups excluding carboxylic acids is 2. The average molecular weight is 424 g/mol. The van der Waals surface area contributed by atoms with Crippen LogP contribution in [0, 0.1) is 5.92 Å². The summed E-state index contributed by atoms with van der Waals surface area (Å²) in [5.41, 5.74) is 1.55. The number of carbonyl (C=O) groups is 2. The summed E-state index contributed by atoms with van der Waals surface area (Å²) in [5.74, 6) is 0.0671. The van der Waals surface area contributed by atoms with Crippen molar-refractivity contribution in [1.29, 1.82) is 0 Å². The van der Waals surface area contributed by atoms with Gasteiger partial charge in [-0.1, -0.05) is 43.5 Å². The van der Waals surface area contributed by atoms with E-state index in [4.69, 9.17) is 0 Å². The molecule has 0 atom stereocenters. The number of hydrogen-bond acceptors (Lipinski definition) is 4. The molecule has 7 nitrogen and oxygen atoms in total. The molecule has 2 rings (SSSR count). The third-order valence-corrected chi connectivity index (χ3v) is 6.47. The molecule has 0 radical (unpaired) electrons. The summed E-state index contributed by atoms with van der Waals surface area (Å²) in [6.45, 7) is 3.86. The van der Waals surface area contributed by atoms with Gasteiger partial charge in [-0.25, -0.2) is 13.1 Å². The van der Waals surface area contributed by atoms with Crippen LogP contribution in [-0.4, -0.2) is 32.8 Å². The van der Waals surface area contributed by atoms with Crippen molar-refractivity contribution in [3.05, 3.63) is 35.4 Å². The standard InChI is InChI=1S/C21H33N3O4S/c1-16(2)24-29(27,28)15-19-10-8-18(9-11-19)13-22-21(26)14-23-20(25)12-17-6-4-3-5-7-17/h8-11,16-17,24H,3-7,12-15H2,1-2H3,(H,22,26)(H,23,25). The lowest BCUT2D eigenvalue weighted by Crippen LogP contribution is -2.37. The normalized spacial score (nSPS) is 15.3. The van der Waals surface area contributed by atoms with Crippen molar-refractivity contribution in [2.75, 3.05) is 6.54 Å². The Morgan fingerprint density at radius 1 is 0.966 bits per heavy atom. The van der Waals surface area contributed by atoms with Gasteiger partial charge < -0.3 is 10.6 Å². The number of amides is 2. The number of hydrogen-bond donors (Lipinski definition) is 3. The van der Waals surface area contributed by atoms with Crippen molar-refractivity contribution in [3.63, 3.8) is 0 Å². The molecule has 0 saturated heterocycles. The first-order valence-corrected chi connectivity index (χ1v) is 12.0. The molecule has 8 heteroatoms. The van der Waals surface area contributed by atoms with E-state index in [1.807, 2.05) is 0 Å². The molecular weight excluding hydrogens is 390 g/mol. The Morgan fingerprint density at radius 3 is 2.21 bits per heavy atom. The summed E-state index contributed by atoms with van der Waals surface area (Å²) in [5, 5.41) is 5.46. The maximum atomic E-state index is 12.0. The van der Waals surface area contributed by atoms with Crippen LogP contribution in [0.5, 0.6) is 0 Å². The van der Waals surface area contributed by atoms with Crippen LogP contribution in [0.15, 0.2) is 24.3 Å². The second kappa shape index (κ2) is 11.3. The predicted octanol–water partition coefficient (Wildman–Crippen LogP) is 2.22. The predicted molar refractivity (Wildman–Crippen MR) is 113 cm³/mol. The molecule has 0 spiro atoms. The van der Waals surface area contributed by atoms with E-state index < -0.39 is 10.0 Å². The molecule has 0 heterocycles. The minimum atomic E-state index is -3.36.